The number of phenols is 1. The molecule has 3 nitrogen and oxygen atoms in total. The SMILES string of the molecule is Cc1cc(Cl)c(O)c(CN(C)O)c1F. The first kappa shape index (κ1) is 11.2. The maximum Gasteiger partial charge on any atom is 0.141 e. The normalized spacial score (nSPS) is 11.0. The van der Waals surface area contributed by atoms with Gasteiger partial charge in [0.2, 0.25) is 0 Å². The lowest BCUT2D eigenvalue weighted by Crippen LogP contribution is -2.13. The number of nitrogens with zero attached hydrogens (tertiary/aromatic N) is 1. The fourth-order valence-electron chi connectivity index (χ4n) is 1.18. The molecule has 0 amide bonds. The number of phenolic OH excluding ortho intramolecular Hbond substituents is 1. The molecular weight excluding hydrogens is 209 g/mol. The van der Waals surface area contributed by atoms with Crippen LogP contribution in [-0.2, 0) is 6.54 Å². The van der Waals surface area contributed by atoms with Gasteiger partial charge in [-0.25, -0.2) is 4.39 Å². The Kier molecular flexibility index (Phi) is 3.31. The van der Waals surface area contributed by atoms with Gasteiger partial charge in [0.1, 0.15) is 11.6 Å². The number of aromatic hydroxyl groups is 1. The fraction of sp³-hybridized carbons (Fsp3) is 0.333. The second-order valence-electron chi connectivity index (χ2n) is 3.13. The monoisotopic (exact) mass is 219 g/mol. The van der Waals surface area contributed by atoms with E-state index >= 15 is 0 Å². The Morgan fingerprint density at radius 2 is 2.14 bits per heavy atom. The van der Waals surface area contributed by atoms with Crippen molar-refractivity contribution in [2.45, 2.75) is 13.5 Å². The lowest BCUT2D eigenvalue weighted by atomic mass is 10.1. The van der Waals surface area contributed by atoms with Crippen LogP contribution in [0.4, 0.5) is 4.39 Å². The van der Waals surface area contributed by atoms with E-state index in [0.29, 0.717) is 5.56 Å². The van der Waals surface area contributed by atoms with Crippen molar-refractivity contribution in [3.63, 3.8) is 0 Å². The molecule has 5 heteroatoms. The molecule has 0 fully saturated rings. The molecule has 0 spiro atoms. The molecule has 1 rings (SSSR count). The Balaban J connectivity index is 3.25. The van der Waals surface area contributed by atoms with Crippen LogP contribution in [0.1, 0.15) is 11.1 Å². The van der Waals surface area contributed by atoms with Gasteiger partial charge in [-0.05, 0) is 18.6 Å². The minimum atomic E-state index is -0.548. The Morgan fingerprint density at radius 3 is 2.64 bits per heavy atom. The van der Waals surface area contributed by atoms with Gasteiger partial charge in [-0.1, -0.05) is 11.6 Å². The zero-order valence-corrected chi connectivity index (χ0v) is 8.64. The van der Waals surface area contributed by atoms with Gasteiger partial charge >= 0.3 is 0 Å². The molecule has 0 saturated heterocycles. The highest BCUT2D eigenvalue weighted by atomic mass is 35.5. The lowest BCUT2D eigenvalue weighted by molar-refractivity contribution is -0.0742. The molecule has 14 heavy (non-hydrogen) atoms. The van der Waals surface area contributed by atoms with Crippen LogP contribution in [0.25, 0.3) is 0 Å². The predicted molar refractivity (Wildman–Crippen MR) is 51.1 cm³/mol. The summed E-state index contributed by atoms with van der Waals surface area (Å²) < 4.78 is 13.4. The quantitative estimate of drug-likeness (QED) is 0.751. The van der Waals surface area contributed by atoms with E-state index in [1.807, 2.05) is 0 Å². The Morgan fingerprint density at radius 1 is 1.57 bits per heavy atom. The van der Waals surface area contributed by atoms with Gasteiger partial charge in [0.05, 0.1) is 11.6 Å². The van der Waals surface area contributed by atoms with Crippen LogP contribution in [0.3, 0.4) is 0 Å². The summed E-state index contributed by atoms with van der Waals surface area (Å²) in [6.07, 6.45) is 0. The van der Waals surface area contributed by atoms with E-state index in [9.17, 15) is 9.50 Å². The van der Waals surface area contributed by atoms with Crippen molar-refractivity contribution in [1.82, 2.24) is 5.06 Å². The summed E-state index contributed by atoms with van der Waals surface area (Å²) in [6.45, 7) is 1.43. The average molecular weight is 220 g/mol. The zero-order chi connectivity index (χ0) is 10.9. The van der Waals surface area contributed by atoms with Crippen LogP contribution in [0.15, 0.2) is 6.07 Å². The number of hydrogen-bond donors (Lipinski definition) is 2. The maximum absolute atomic E-state index is 13.4. The molecule has 0 saturated carbocycles. The first-order chi connectivity index (χ1) is 6.43. The Bertz CT molecular complexity index is 329. The van der Waals surface area contributed by atoms with Crippen LogP contribution in [0.2, 0.25) is 5.02 Å². The molecule has 1 aromatic carbocycles. The van der Waals surface area contributed by atoms with Crippen molar-refractivity contribution < 1.29 is 14.7 Å². The minimum Gasteiger partial charge on any atom is -0.506 e. The van der Waals surface area contributed by atoms with Gasteiger partial charge in [0.25, 0.3) is 0 Å². The summed E-state index contributed by atoms with van der Waals surface area (Å²) in [5.41, 5.74) is 0.338. The van der Waals surface area contributed by atoms with Crippen molar-refractivity contribution >= 4 is 11.6 Å². The van der Waals surface area contributed by atoms with Crippen molar-refractivity contribution in [2.75, 3.05) is 7.05 Å². The van der Waals surface area contributed by atoms with Gasteiger partial charge in [-0.3, -0.25) is 0 Å². The summed E-state index contributed by atoms with van der Waals surface area (Å²) in [7, 11) is 1.36. The third kappa shape index (κ3) is 2.15. The number of halogens is 2. The number of hydroxylamine groups is 2. The molecule has 0 radical (unpaired) electrons. The minimum absolute atomic E-state index is 0.000000000000000222. The van der Waals surface area contributed by atoms with Crippen molar-refractivity contribution in [2.24, 2.45) is 0 Å². The third-order valence-electron chi connectivity index (χ3n) is 1.85. The first-order valence-electron chi connectivity index (χ1n) is 4.00. The number of aryl methyl sites for hydroxylation is 1. The van der Waals surface area contributed by atoms with Gasteiger partial charge in [-0.2, -0.15) is 5.06 Å². The average Bonchev–Trinajstić information content (AvgIpc) is 2.09. The molecule has 0 atom stereocenters. The summed E-state index contributed by atoms with van der Waals surface area (Å²) in [4.78, 5) is 0. The van der Waals surface area contributed by atoms with E-state index in [2.05, 4.69) is 0 Å². The largest absolute Gasteiger partial charge is 0.506 e. The second kappa shape index (κ2) is 4.13. The highest BCUT2D eigenvalue weighted by Crippen LogP contribution is 2.32. The molecule has 0 aliphatic carbocycles. The molecule has 0 aliphatic rings. The number of rotatable bonds is 2. The molecule has 78 valence electrons. The lowest BCUT2D eigenvalue weighted by Gasteiger charge is -2.13. The van der Waals surface area contributed by atoms with Gasteiger partial charge in [0, 0.05) is 12.6 Å². The van der Waals surface area contributed by atoms with Crippen molar-refractivity contribution in [3.05, 3.63) is 28.0 Å². The van der Waals surface area contributed by atoms with Gasteiger partial charge < -0.3 is 10.3 Å². The summed E-state index contributed by atoms with van der Waals surface area (Å²) in [6, 6.07) is 1.34. The molecule has 0 aliphatic heterocycles. The molecule has 0 aromatic heterocycles. The maximum atomic E-state index is 13.4. The van der Waals surface area contributed by atoms with Crippen LogP contribution < -0.4 is 0 Å². The van der Waals surface area contributed by atoms with Crippen LogP contribution in [0, 0.1) is 12.7 Å². The van der Waals surface area contributed by atoms with E-state index in [1.54, 1.807) is 6.92 Å². The van der Waals surface area contributed by atoms with Crippen molar-refractivity contribution in [3.8, 4) is 5.75 Å². The predicted octanol–water partition coefficient (Wildman–Crippen LogP) is 2.31. The fourth-order valence-corrected chi connectivity index (χ4v) is 1.46. The van der Waals surface area contributed by atoms with Crippen molar-refractivity contribution in [1.29, 1.82) is 0 Å². The highest BCUT2D eigenvalue weighted by molar-refractivity contribution is 6.32. The van der Waals surface area contributed by atoms with E-state index in [0.717, 1.165) is 5.06 Å². The van der Waals surface area contributed by atoms with Crippen LogP contribution in [-0.4, -0.2) is 22.4 Å². The van der Waals surface area contributed by atoms with E-state index in [1.165, 1.54) is 13.1 Å². The Labute approximate surface area is 86.3 Å². The second-order valence-corrected chi connectivity index (χ2v) is 3.54. The van der Waals surface area contributed by atoms with Crippen LogP contribution in [0.5, 0.6) is 5.75 Å². The highest BCUT2D eigenvalue weighted by Gasteiger charge is 2.15. The standard InChI is InChI=1S/C9H11ClFNO2/c1-5-3-7(10)9(13)6(8(5)11)4-12(2)14/h3,13-14H,4H2,1-2H3. The summed E-state index contributed by atoms with van der Waals surface area (Å²) in [5, 5.41) is 19.2. The summed E-state index contributed by atoms with van der Waals surface area (Å²) >= 11 is 5.66. The molecule has 1 aromatic rings. The van der Waals surface area contributed by atoms with Crippen LogP contribution >= 0.6 is 11.6 Å². The smallest absolute Gasteiger partial charge is 0.141 e. The molecular formula is C9H11ClFNO2. The number of benzene rings is 1. The molecule has 0 unspecified atom stereocenters. The zero-order valence-electron chi connectivity index (χ0n) is 7.88. The molecule has 2 N–H and O–H groups in total. The number of hydrogen-bond acceptors (Lipinski definition) is 3. The van der Waals surface area contributed by atoms with Gasteiger partial charge in [-0.15, -0.1) is 0 Å². The topological polar surface area (TPSA) is 43.7 Å². The van der Waals surface area contributed by atoms with E-state index < -0.39 is 5.82 Å². The van der Waals surface area contributed by atoms with Gasteiger partial charge in [0.15, 0.2) is 0 Å². The molecule has 0 bridgehead atoms. The van der Waals surface area contributed by atoms with E-state index in [-0.39, 0.29) is 22.9 Å². The summed E-state index contributed by atoms with van der Waals surface area (Å²) in [5.74, 6) is -0.872. The molecule has 0 heterocycles. The Hall–Kier alpha value is -0.840. The third-order valence-corrected chi connectivity index (χ3v) is 2.14. The van der Waals surface area contributed by atoms with E-state index in [4.69, 9.17) is 16.8 Å². The first-order valence-corrected chi connectivity index (χ1v) is 4.37.